The summed E-state index contributed by atoms with van der Waals surface area (Å²) in [5, 5.41) is 3.86. The Kier molecular flexibility index (Phi) is 6.24. The molecule has 6 rings (SSSR count). The number of amides is 3. The van der Waals surface area contributed by atoms with Crippen molar-refractivity contribution in [3.05, 3.63) is 95.0 Å². The van der Waals surface area contributed by atoms with Crippen molar-refractivity contribution in [2.75, 3.05) is 23.0 Å². The number of nitrogens with zero attached hydrogens (tertiary/aromatic N) is 2. The fourth-order valence-corrected chi connectivity index (χ4v) is 6.54. The number of benzene rings is 3. The average Bonchev–Trinajstić information content (AvgIpc) is 3.48. The summed E-state index contributed by atoms with van der Waals surface area (Å²) in [6.07, 6.45) is 0.430. The molecule has 198 valence electrons. The van der Waals surface area contributed by atoms with Crippen molar-refractivity contribution in [3.63, 3.8) is 0 Å². The van der Waals surface area contributed by atoms with Crippen LogP contribution >= 0.6 is 11.6 Å². The van der Waals surface area contributed by atoms with Crippen molar-refractivity contribution >= 4 is 46.7 Å². The van der Waals surface area contributed by atoms with Gasteiger partial charge in [-0.1, -0.05) is 66.2 Å². The number of halogens is 1. The summed E-state index contributed by atoms with van der Waals surface area (Å²) in [4.78, 5) is 57.6. The third kappa shape index (κ3) is 3.85. The zero-order valence-electron chi connectivity index (χ0n) is 21.2. The van der Waals surface area contributed by atoms with E-state index in [2.05, 4.69) is 5.32 Å². The Labute approximate surface area is 230 Å². The van der Waals surface area contributed by atoms with Crippen molar-refractivity contribution in [1.82, 2.24) is 5.32 Å². The maximum absolute atomic E-state index is 14.4. The van der Waals surface area contributed by atoms with E-state index in [-0.39, 0.29) is 19.1 Å². The monoisotopic (exact) mass is 543 g/mol. The first kappa shape index (κ1) is 25.3. The van der Waals surface area contributed by atoms with Crippen LogP contribution in [0.25, 0.3) is 0 Å². The van der Waals surface area contributed by atoms with Gasteiger partial charge in [0.15, 0.2) is 0 Å². The molecule has 0 radical (unpaired) electrons. The number of carbonyl (C=O) groups is 4. The Morgan fingerprint density at radius 2 is 1.72 bits per heavy atom. The lowest BCUT2D eigenvalue weighted by atomic mass is 9.76. The first-order valence-corrected chi connectivity index (χ1v) is 13.3. The summed E-state index contributed by atoms with van der Waals surface area (Å²) in [7, 11) is 0. The maximum atomic E-state index is 14.4. The van der Waals surface area contributed by atoms with Gasteiger partial charge in [-0.05, 0) is 43.2 Å². The van der Waals surface area contributed by atoms with Crippen LogP contribution in [0, 0.1) is 11.8 Å². The minimum atomic E-state index is -1.52. The van der Waals surface area contributed by atoms with Gasteiger partial charge in [-0.15, -0.1) is 0 Å². The van der Waals surface area contributed by atoms with Gasteiger partial charge in [0.2, 0.25) is 11.8 Å². The van der Waals surface area contributed by atoms with E-state index in [1.807, 2.05) is 30.3 Å². The minimum absolute atomic E-state index is 0.178. The second-order valence-corrected chi connectivity index (χ2v) is 10.4. The van der Waals surface area contributed by atoms with E-state index >= 15 is 0 Å². The summed E-state index contributed by atoms with van der Waals surface area (Å²) in [6, 6.07) is 22.8. The molecule has 3 amide bonds. The minimum Gasteiger partial charge on any atom is -0.465 e. The highest BCUT2D eigenvalue weighted by atomic mass is 35.5. The summed E-state index contributed by atoms with van der Waals surface area (Å²) in [6.45, 7) is 1.58. The standard InChI is InChI=1S/C30H26ClN3O5/c1-2-39-24(35)17-33-23-14-7-6-13-21(23)30(29(33)38)26-25(22(32-30)15-18-9-4-3-5-10-18)27(36)34(28(26)37)20-12-8-11-19(31)16-20/h3-14,16,22,25-26,32H,2,15,17H2,1H3/t22-,25+,26-,30+/m0/s1. The van der Waals surface area contributed by atoms with Gasteiger partial charge in [0, 0.05) is 22.3 Å². The number of imide groups is 1. The predicted octanol–water partition coefficient (Wildman–Crippen LogP) is 3.47. The normalized spacial score (nSPS) is 25.4. The third-order valence-electron chi connectivity index (χ3n) is 7.82. The second-order valence-electron chi connectivity index (χ2n) is 9.96. The molecule has 9 heteroatoms. The molecule has 39 heavy (non-hydrogen) atoms. The average molecular weight is 544 g/mol. The zero-order chi connectivity index (χ0) is 27.3. The molecule has 4 atom stereocenters. The van der Waals surface area contributed by atoms with Crippen LogP contribution in [-0.4, -0.2) is 42.9 Å². The zero-order valence-corrected chi connectivity index (χ0v) is 21.9. The first-order valence-electron chi connectivity index (χ1n) is 12.9. The molecule has 8 nitrogen and oxygen atoms in total. The van der Waals surface area contributed by atoms with Crippen LogP contribution in [-0.2, 0) is 35.9 Å². The van der Waals surface area contributed by atoms with Crippen molar-refractivity contribution in [2.24, 2.45) is 11.8 Å². The molecule has 0 aliphatic carbocycles. The Hall–Kier alpha value is -4.01. The smallest absolute Gasteiger partial charge is 0.326 e. The van der Waals surface area contributed by atoms with Crippen LogP contribution < -0.4 is 15.1 Å². The number of hydrogen-bond acceptors (Lipinski definition) is 6. The molecule has 3 aliphatic heterocycles. The molecular weight excluding hydrogens is 518 g/mol. The van der Waals surface area contributed by atoms with Gasteiger partial charge in [-0.2, -0.15) is 0 Å². The Bertz CT molecular complexity index is 1490. The molecule has 1 spiro atoms. The van der Waals surface area contributed by atoms with Crippen LogP contribution in [0.2, 0.25) is 5.02 Å². The van der Waals surface area contributed by atoms with Crippen LogP contribution in [0.3, 0.4) is 0 Å². The molecule has 3 heterocycles. The molecule has 1 N–H and O–H groups in total. The molecule has 3 aromatic carbocycles. The summed E-state index contributed by atoms with van der Waals surface area (Å²) in [5.41, 5.74) is 0.896. The number of para-hydroxylation sites is 1. The van der Waals surface area contributed by atoms with E-state index in [1.165, 1.54) is 4.90 Å². The number of nitrogens with one attached hydrogen (secondary N) is 1. The Morgan fingerprint density at radius 3 is 2.46 bits per heavy atom. The van der Waals surface area contributed by atoms with Crippen molar-refractivity contribution in [3.8, 4) is 0 Å². The number of rotatable bonds is 6. The van der Waals surface area contributed by atoms with E-state index in [1.54, 1.807) is 55.5 Å². The molecule has 0 unspecified atom stereocenters. The second kappa shape index (κ2) is 9.63. The lowest BCUT2D eigenvalue weighted by molar-refractivity contribution is -0.142. The first-order chi connectivity index (χ1) is 18.9. The van der Waals surface area contributed by atoms with E-state index in [0.29, 0.717) is 28.4 Å². The van der Waals surface area contributed by atoms with Gasteiger partial charge in [0.1, 0.15) is 12.1 Å². The van der Waals surface area contributed by atoms with E-state index < -0.39 is 41.2 Å². The number of fused-ring (bicyclic) bond motifs is 4. The Balaban J connectivity index is 1.49. The van der Waals surface area contributed by atoms with Gasteiger partial charge in [-0.25, -0.2) is 4.90 Å². The van der Waals surface area contributed by atoms with Crippen LogP contribution in [0.1, 0.15) is 18.1 Å². The highest BCUT2D eigenvalue weighted by Gasteiger charge is 2.71. The summed E-state index contributed by atoms with van der Waals surface area (Å²) < 4.78 is 5.13. The Morgan fingerprint density at radius 1 is 0.974 bits per heavy atom. The maximum Gasteiger partial charge on any atom is 0.326 e. The number of carbonyl (C=O) groups excluding carboxylic acids is 4. The van der Waals surface area contributed by atoms with E-state index in [0.717, 1.165) is 10.5 Å². The van der Waals surface area contributed by atoms with Gasteiger partial charge in [0.25, 0.3) is 5.91 Å². The number of anilines is 2. The molecule has 0 saturated carbocycles. The van der Waals surface area contributed by atoms with Gasteiger partial charge < -0.3 is 4.74 Å². The number of hydrogen-bond donors (Lipinski definition) is 1. The largest absolute Gasteiger partial charge is 0.465 e. The molecule has 0 aromatic heterocycles. The number of esters is 1. The SMILES string of the molecule is CCOC(=O)CN1C(=O)[C@@]2(N[C@@H](Cc3ccccc3)[C@H]3C(=O)N(c4cccc(Cl)c4)C(=O)[C@H]32)c2ccccc21. The topological polar surface area (TPSA) is 96.0 Å². The summed E-state index contributed by atoms with van der Waals surface area (Å²) in [5.74, 6) is -3.68. The van der Waals surface area contributed by atoms with Gasteiger partial charge >= 0.3 is 5.97 Å². The molecule has 2 saturated heterocycles. The van der Waals surface area contributed by atoms with Crippen LogP contribution in [0.5, 0.6) is 0 Å². The third-order valence-corrected chi connectivity index (χ3v) is 8.06. The van der Waals surface area contributed by atoms with Crippen LogP contribution in [0.15, 0.2) is 78.9 Å². The lowest BCUT2D eigenvalue weighted by Gasteiger charge is -2.30. The number of ether oxygens (including phenoxy) is 1. The highest BCUT2D eigenvalue weighted by molar-refractivity contribution is 6.31. The molecule has 0 bridgehead atoms. The van der Waals surface area contributed by atoms with Crippen LogP contribution in [0.4, 0.5) is 11.4 Å². The molecule has 2 fully saturated rings. The molecular formula is C30H26ClN3O5. The van der Waals surface area contributed by atoms with Crippen molar-refractivity contribution in [2.45, 2.75) is 24.9 Å². The molecule has 3 aliphatic rings. The van der Waals surface area contributed by atoms with Gasteiger partial charge in [0.05, 0.1) is 24.1 Å². The lowest BCUT2D eigenvalue weighted by Crippen LogP contribution is -2.56. The fraction of sp³-hybridized carbons (Fsp3) is 0.267. The van der Waals surface area contributed by atoms with Crippen molar-refractivity contribution in [1.29, 1.82) is 0 Å². The highest BCUT2D eigenvalue weighted by Crippen LogP contribution is 2.55. The van der Waals surface area contributed by atoms with E-state index in [9.17, 15) is 19.2 Å². The van der Waals surface area contributed by atoms with Crippen molar-refractivity contribution < 1.29 is 23.9 Å². The predicted molar refractivity (Wildman–Crippen MR) is 145 cm³/mol. The fourth-order valence-electron chi connectivity index (χ4n) is 6.35. The summed E-state index contributed by atoms with van der Waals surface area (Å²) >= 11 is 6.21. The van der Waals surface area contributed by atoms with E-state index in [4.69, 9.17) is 16.3 Å². The van der Waals surface area contributed by atoms with Gasteiger partial charge in [-0.3, -0.25) is 29.4 Å². The molecule has 3 aromatic rings. The quantitative estimate of drug-likeness (QED) is 0.378.